The number of carbonyl (C=O) groups excluding carboxylic acids is 1. The van der Waals surface area contributed by atoms with Crippen molar-refractivity contribution in [1.82, 2.24) is 48.9 Å². The molecule has 24 heteroatoms. The van der Waals surface area contributed by atoms with Gasteiger partial charge in [-0.15, -0.1) is 0 Å². The van der Waals surface area contributed by atoms with Crippen LogP contribution in [0, 0.1) is 36.5 Å². The Morgan fingerprint density at radius 2 is 1.20 bits per heavy atom. The summed E-state index contributed by atoms with van der Waals surface area (Å²) in [6.07, 6.45) is 30.6. The molecule has 455 valence electrons. The van der Waals surface area contributed by atoms with Crippen LogP contribution in [0.1, 0.15) is 182 Å². The Kier molecular flexibility index (Phi) is 31.3. The zero-order valence-electron chi connectivity index (χ0n) is 53.5. The monoisotopic (exact) mass is 1220 g/mol. The number of rotatable bonds is 13. The molecular formula is C59H99B3BrLiN11O7S. The Labute approximate surface area is 526 Å². The number of hydrogen-bond donors (Lipinski definition) is 2. The van der Waals surface area contributed by atoms with E-state index in [9.17, 15) is 9.90 Å². The summed E-state index contributed by atoms with van der Waals surface area (Å²) in [4.78, 5) is 9.57. The van der Waals surface area contributed by atoms with Crippen LogP contribution >= 0.6 is 28.7 Å². The predicted molar refractivity (Wildman–Crippen MR) is 335 cm³/mol. The summed E-state index contributed by atoms with van der Waals surface area (Å²) in [5.74, 6) is 3.68. The van der Waals surface area contributed by atoms with Gasteiger partial charge in [-0.3, -0.25) is 23.4 Å². The van der Waals surface area contributed by atoms with Gasteiger partial charge < -0.3 is 40.1 Å². The first-order valence-electron chi connectivity index (χ1n) is 29.5. The minimum atomic E-state index is -0.523. The van der Waals surface area contributed by atoms with Crippen LogP contribution in [0.15, 0.2) is 64.2 Å². The van der Waals surface area contributed by atoms with Gasteiger partial charge in [-0.2, -0.15) is 31.9 Å². The molecule has 7 fully saturated rings. The van der Waals surface area contributed by atoms with E-state index in [1.807, 2.05) is 128 Å². The SMILES string of the molecule is CC(C)OB1OC(C)(C)C(C)(C)O1.Cn1cccn1.Cn1ncc(B2OC(C)(C)C(C)(C)O2)c1CC1CC1.Cn1ncc(Br)c1CC1CC1.Cn1nccc1C(O)C1CC1.Cn1nccc1CC1CC1.O=CC1CC1.[B]=NS.[CH2-]CCC.[Li+]. The molecule has 7 heterocycles. The van der Waals surface area contributed by atoms with Crippen molar-refractivity contribution in [3.63, 3.8) is 0 Å². The quantitative estimate of drug-likeness (QED) is 0.0504. The molecule has 5 saturated carbocycles. The van der Waals surface area contributed by atoms with Crippen molar-refractivity contribution in [3.8, 4) is 0 Å². The van der Waals surface area contributed by atoms with Gasteiger partial charge in [-0.05, 0) is 211 Å². The van der Waals surface area contributed by atoms with Crippen LogP contribution in [0.5, 0.6) is 0 Å². The number of nitrogens with zero attached hydrogens (tertiary/aromatic N) is 11. The van der Waals surface area contributed by atoms with Crippen molar-refractivity contribution in [1.29, 1.82) is 0 Å². The third kappa shape index (κ3) is 26.0. The van der Waals surface area contributed by atoms with Crippen LogP contribution in [0.3, 0.4) is 0 Å². The normalized spacial score (nSPS) is 19.3. The van der Waals surface area contributed by atoms with Crippen LogP contribution in [0.4, 0.5) is 0 Å². The zero-order chi connectivity index (χ0) is 61.0. The van der Waals surface area contributed by atoms with Gasteiger partial charge in [-0.1, -0.05) is 13.3 Å². The van der Waals surface area contributed by atoms with Crippen molar-refractivity contribution in [3.05, 3.63) is 89.6 Å². The maximum atomic E-state index is 9.67. The van der Waals surface area contributed by atoms with Crippen LogP contribution in [0.2, 0.25) is 0 Å². The molecule has 1 radical (unpaired) electrons. The van der Waals surface area contributed by atoms with Crippen LogP contribution in [0.25, 0.3) is 0 Å². The van der Waals surface area contributed by atoms with E-state index in [1.54, 1.807) is 21.8 Å². The van der Waals surface area contributed by atoms with Crippen molar-refractivity contribution in [2.75, 3.05) is 0 Å². The number of unbranched alkanes of at least 4 members (excludes halogenated alkanes) is 1. The molecule has 2 aliphatic heterocycles. The third-order valence-corrected chi connectivity index (χ3v) is 16.4. The summed E-state index contributed by atoms with van der Waals surface area (Å²) in [6.45, 7) is 26.0. The molecule has 1 unspecified atom stereocenters. The molecule has 18 nitrogen and oxygen atoms in total. The second-order valence-electron chi connectivity index (χ2n) is 24.7. The first-order chi connectivity index (χ1) is 38.6. The Hall–Kier alpha value is -3.10. The maximum absolute atomic E-state index is 9.67. The Bertz CT molecular complexity index is 2560. The van der Waals surface area contributed by atoms with Crippen LogP contribution < -0.4 is 24.3 Å². The zero-order valence-corrected chi connectivity index (χ0v) is 56.0. The number of aldehydes is 1. The number of thiol groups is 1. The van der Waals surface area contributed by atoms with E-state index in [-0.39, 0.29) is 60.6 Å². The summed E-state index contributed by atoms with van der Waals surface area (Å²) in [6, 6.07) is 5.88. The molecule has 0 bridgehead atoms. The molecule has 1 atom stereocenters. The minimum Gasteiger partial charge on any atom is -0.343 e. The van der Waals surface area contributed by atoms with Crippen LogP contribution in [-0.2, 0) is 82.6 Å². The van der Waals surface area contributed by atoms with E-state index in [4.69, 9.17) is 23.3 Å². The molecular weight excluding hydrogens is 1130 g/mol. The van der Waals surface area contributed by atoms with E-state index < -0.39 is 7.32 Å². The second kappa shape index (κ2) is 35.0. The van der Waals surface area contributed by atoms with E-state index in [1.165, 1.54) is 74.9 Å². The number of aliphatic hydroxyl groups excluding tert-OH is 1. The number of halogens is 1. The summed E-state index contributed by atoms with van der Waals surface area (Å²) in [5, 5.41) is 30.2. The first kappa shape index (κ1) is 74.2. The average Bonchev–Trinajstić information content (AvgIpc) is 4.34. The summed E-state index contributed by atoms with van der Waals surface area (Å²) in [5.41, 5.74) is 4.85. The molecule has 5 aromatic heterocycles. The van der Waals surface area contributed by atoms with Gasteiger partial charge in [0, 0.05) is 95.1 Å². The van der Waals surface area contributed by atoms with E-state index in [2.05, 4.69) is 114 Å². The van der Waals surface area contributed by atoms with Crippen molar-refractivity contribution in [2.45, 2.75) is 207 Å². The molecule has 7 aliphatic rings. The van der Waals surface area contributed by atoms with Gasteiger partial charge in [-0.25, -0.2) is 0 Å². The molecule has 1 N–H and O–H groups in total. The first-order valence-corrected chi connectivity index (χ1v) is 30.7. The van der Waals surface area contributed by atoms with Crippen LogP contribution in [-0.4, -0.2) is 111 Å². The fourth-order valence-corrected chi connectivity index (χ4v) is 8.45. The van der Waals surface area contributed by atoms with E-state index in [0.717, 1.165) is 78.2 Å². The van der Waals surface area contributed by atoms with E-state index >= 15 is 0 Å². The standard InChI is InChI=1S/C14H23BN2O2.C9H19BO3.C8H11BrN2.C8H12N2O.C8H12N2.C4H6N2.C4H6O.C4H9.BHNS.Li/c1-13(2)14(3,4)19-15(18-13)11-9-16-17(5)12(11)8-10-6-7-10;1-7(2)11-10-12-8(3,4)9(5,6)13-10;1-11-8(4-6-2-3-6)7(9)5-10-11;1-10-7(4-5-9-10)8(11)6-2-3-6;1-10-8(4-5-9-10)6-7-2-3-7;1-6-4-2-3-5-6;5-3-4-1-2-4;1-3-4-2;1-2-3;/h9-10H,6-8H2,1-5H3;7H,1-6H3;5-6H,2-4H2,1H3;4-6,8,11H,2-3H2,1H3;4-5,7H,2-3,6H2,1H3;2-4H,1H3;3-4H,1-2H2;1,3-4H2,2H3;3H;/q;;;;;;;-1;;+1. The van der Waals surface area contributed by atoms with Gasteiger partial charge in [0.25, 0.3) is 0 Å². The molecule has 0 amide bonds. The predicted octanol–water partition coefficient (Wildman–Crippen LogP) is 7.87. The molecule has 83 heavy (non-hydrogen) atoms. The Balaban J connectivity index is 0.000000256. The Morgan fingerprint density at radius 3 is 1.55 bits per heavy atom. The number of aryl methyl sites for hydroxylation is 5. The molecule has 0 aromatic carbocycles. The van der Waals surface area contributed by atoms with Crippen molar-refractivity contribution in [2.24, 2.45) is 69.1 Å². The third-order valence-electron chi connectivity index (χ3n) is 15.7. The molecule has 0 spiro atoms. The Morgan fingerprint density at radius 1 is 0.735 bits per heavy atom. The summed E-state index contributed by atoms with van der Waals surface area (Å²) in [7, 11) is 13.3. The van der Waals surface area contributed by atoms with Crippen molar-refractivity contribution < 1.29 is 52.0 Å². The van der Waals surface area contributed by atoms with Gasteiger partial charge in [0.2, 0.25) is 0 Å². The topological polar surface area (TPSA) is 185 Å². The van der Waals surface area contributed by atoms with E-state index in [0.29, 0.717) is 11.8 Å². The average molecular weight is 1230 g/mol. The fourth-order valence-electron chi connectivity index (χ4n) is 7.94. The smallest absolute Gasteiger partial charge is 0.343 e. The number of aromatic nitrogens is 10. The van der Waals surface area contributed by atoms with Gasteiger partial charge >= 0.3 is 58.1 Å². The van der Waals surface area contributed by atoms with Gasteiger partial charge in [0.15, 0.2) is 0 Å². The number of hydrogen-bond acceptors (Lipinski definition) is 14. The molecule has 2 saturated heterocycles. The molecule has 12 rings (SSSR count). The van der Waals surface area contributed by atoms with Gasteiger partial charge in [0.05, 0.1) is 50.6 Å². The summed E-state index contributed by atoms with van der Waals surface area (Å²) < 4.78 is 42.2. The number of aliphatic hydroxyl groups is 1. The maximum Gasteiger partial charge on any atom is 1.00 e. The second-order valence-corrected chi connectivity index (χ2v) is 25.8. The molecule has 5 aliphatic carbocycles. The molecule has 5 aromatic rings. The minimum absolute atomic E-state index is 0. The van der Waals surface area contributed by atoms with Gasteiger partial charge in [0.1, 0.15) is 6.29 Å². The largest absolute Gasteiger partial charge is 1.00 e. The van der Waals surface area contributed by atoms with Crippen molar-refractivity contribution >= 4 is 62.6 Å². The summed E-state index contributed by atoms with van der Waals surface area (Å²) >= 11 is 6.68. The number of carbonyl (C=O) groups is 1. The fraction of sp³-hybridized carbons (Fsp3) is 0.712.